The fourth-order valence-corrected chi connectivity index (χ4v) is 2.23. The zero-order valence-corrected chi connectivity index (χ0v) is 15.2. The van der Waals surface area contributed by atoms with Crippen LogP contribution in [-0.2, 0) is 17.8 Å². The first-order chi connectivity index (χ1) is 13.0. The van der Waals surface area contributed by atoms with E-state index in [0.717, 1.165) is 23.8 Å². The lowest BCUT2D eigenvalue weighted by Crippen LogP contribution is -2.37. The van der Waals surface area contributed by atoms with Gasteiger partial charge in [-0.25, -0.2) is 18.6 Å². The summed E-state index contributed by atoms with van der Waals surface area (Å²) in [5, 5.41) is 8.59. The van der Waals surface area contributed by atoms with Gasteiger partial charge in [0.05, 0.1) is 13.7 Å². The lowest BCUT2D eigenvalue weighted by Gasteiger charge is -2.12. The Hall–Kier alpha value is -3.16. The molecule has 3 N–H and O–H groups in total. The third kappa shape index (κ3) is 6.58. The molecule has 0 radical (unpaired) electrons. The minimum Gasteiger partial charge on any atom is -0.453 e. The minimum atomic E-state index is -0.538. The van der Waals surface area contributed by atoms with Gasteiger partial charge < -0.3 is 15.4 Å². The molecule has 0 aliphatic rings. The molecule has 2 aromatic rings. The molecule has 0 saturated carbocycles. The summed E-state index contributed by atoms with van der Waals surface area (Å²) in [6, 6.07) is 10.5. The van der Waals surface area contributed by atoms with Crippen LogP contribution in [0.25, 0.3) is 0 Å². The van der Waals surface area contributed by atoms with Gasteiger partial charge in [0, 0.05) is 24.3 Å². The number of hydrogen-bond acceptors (Lipinski definition) is 3. The highest BCUT2D eigenvalue weighted by Gasteiger charge is 2.05. The Morgan fingerprint density at radius 1 is 1.11 bits per heavy atom. The van der Waals surface area contributed by atoms with Crippen LogP contribution in [0.15, 0.2) is 47.5 Å². The monoisotopic (exact) mass is 376 g/mol. The highest BCUT2D eigenvalue weighted by Crippen LogP contribution is 2.11. The minimum absolute atomic E-state index is 0.109. The summed E-state index contributed by atoms with van der Waals surface area (Å²) >= 11 is 0. The molecule has 0 saturated heterocycles. The van der Waals surface area contributed by atoms with Crippen molar-refractivity contribution < 1.29 is 18.3 Å². The number of nitrogens with zero attached hydrogens (tertiary/aromatic N) is 1. The Kier molecular flexibility index (Phi) is 7.54. The molecule has 0 spiro atoms. The van der Waals surface area contributed by atoms with Crippen LogP contribution in [0.5, 0.6) is 0 Å². The van der Waals surface area contributed by atoms with Crippen molar-refractivity contribution in [1.82, 2.24) is 10.6 Å². The van der Waals surface area contributed by atoms with Crippen molar-refractivity contribution in [3.63, 3.8) is 0 Å². The van der Waals surface area contributed by atoms with Gasteiger partial charge in [-0.3, -0.25) is 5.32 Å². The number of nitrogens with one attached hydrogen (secondary N) is 3. The number of rotatable bonds is 6. The molecular formula is C19H22F2N4O2. The van der Waals surface area contributed by atoms with Crippen LogP contribution < -0.4 is 16.0 Å². The molecule has 0 aromatic heterocycles. The maximum atomic E-state index is 13.7. The predicted molar refractivity (Wildman–Crippen MR) is 100 cm³/mol. The zero-order chi connectivity index (χ0) is 19.6. The Morgan fingerprint density at radius 3 is 2.52 bits per heavy atom. The molecule has 0 aliphatic carbocycles. The lowest BCUT2D eigenvalue weighted by atomic mass is 10.2. The normalized spacial score (nSPS) is 11.0. The molecule has 1 amide bonds. The third-order valence-corrected chi connectivity index (χ3v) is 3.60. The fraction of sp³-hybridized carbons (Fsp3) is 0.263. The topological polar surface area (TPSA) is 74.8 Å². The van der Waals surface area contributed by atoms with Crippen molar-refractivity contribution in [1.29, 1.82) is 0 Å². The Morgan fingerprint density at radius 2 is 1.85 bits per heavy atom. The lowest BCUT2D eigenvalue weighted by molar-refractivity contribution is 0.187. The van der Waals surface area contributed by atoms with Crippen LogP contribution >= 0.6 is 0 Å². The summed E-state index contributed by atoms with van der Waals surface area (Å²) in [6.45, 7) is 3.02. The molecule has 144 valence electrons. The number of hydrogen-bond donors (Lipinski definition) is 3. The van der Waals surface area contributed by atoms with Crippen molar-refractivity contribution in [3.05, 3.63) is 65.2 Å². The van der Waals surface area contributed by atoms with Crippen LogP contribution in [-0.4, -0.2) is 25.7 Å². The van der Waals surface area contributed by atoms with Gasteiger partial charge in [0.1, 0.15) is 11.6 Å². The first-order valence-electron chi connectivity index (χ1n) is 8.42. The van der Waals surface area contributed by atoms with E-state index in [9.17, 15) is 13.6 Å². The number of benzene rings is 2. The van der Waals surface area contributed by atoms with Gasteiger partial charge in [-0.1, -0.05) is 12.1 Å². The van der Waals surface area contributed by atoms with Gasteiger partial charge in [0.2, 0.25) is 0 Å². The molecule has 0 bridgehead atoms. The average Bonchev–Trinajstić information content (AvgIpc) is 2.67. The number of amides is 1. The summed E-state index contributed by atoms with van der Waals surface area (Å²) in [4.78, 5) is 15.6. The van der Waals surface area contributed by atoms with Crippen LogP contribution in [0.2, 0.25) is 0 Å². The number of carbonyl (C=O) groups excluding carboxylic acids is 1. The van der Waals surface area contributed by atoms with E-state index in [-0.39, 0.29) is 12.1 Å². The smallest absolute Gasteiger partial charge is 0.411 e. The summed E-state index contributed by atoms with van der Waals surface area (Å²) in [5.74, 6) is -0.484. The van der Waals surface area contributed by atoms with E-state index in [2.05, 4.69) is 25.7 Å². The maximum Gasteiger partial charge on any atom is 0.411 e. The van der Waals surface area contributed by atoms with Gasteiger partial charge in [-0.2, -0.15) is 0 Å². The zero-order valence-electron chi connectivity index (χ0n) is 15.2. The number of aliphatic imine (C=N–C) groups is 1. The SMILES string of the molecule is CCNC(=NCc1ccc(NC(=O)OC)cc1)NCc1cc(F)ccc1F. The van der Waals surface area contributed by atoms with Crippen LogP contribution in [0.1, 0.15) is 18.1 Å². The van der Waals surface area contributed by atoms with E-state index in [1.807, 2.05) is 19.1 Å². The van der Waals surface area contributed by atoms with Crippen molar-refractivity contribution >= 4 is 17.7 Å². The number of carbonyl (C=O) groups is 1. The van der Waals surface area contributed by atoms with Crippen LogP contribution in [0.4, 0.5) is 19.3 Å². The van der Waals surface area contributed by atoms with Gasteiger partial charge in [0.15, 0.2) is 5.96 Å². The first kappa shape index (κ1) is 20.2. The third-order valence-electron chi connectivity index (χ3n) is 3.60. The van der Waals surface area contributed by atoms with Crippen molar-refractivity contribution in [2.24, 2.45) is 4.99 Å². The van der Waals surface area contributed by atoms with Gasteiger partial charge in [-0.05, 0) is 42.8 Å². The average molecular weight is 376 g/mol. The highest BCUT2D eigenvalue weighted by molar-refractivity contribution is 5.84. The van der Waals surface area contributed by atoms with Crippen molar-refractivity contribution in [3.8, 4) is 0 Å². The maximum absolute atomic E-state index is 13.7. The van der Waals surface area contributed by atoms with Gasteiger partial charge in [0.25, 0.3) is 0 Å². The number of guanidine groups is 1. The number of anilines is 1. The largest absolute Gasteiger partial charge is 0.453 e. The summed E-state index contributed by atoms with van der Waals surface area (Å²) < 4.78 is 31.5. The van der Waals surface area contributed by atoms with Gasteiger partial charge in [-0.15, -0.1) is 0 Å². The van der Waals surface area contributed by atoms with Crippen LogP contribution in [0, 0.1) is 11.6 Å². The van der Waals surface area contributed by atoms with E-state index in [4.69, 9.17) is 0 Å². The Bertz CT molecular complexity index is 795. The fourth-order valence-electron chi connectivity index (χ4n) is 2.23. The van der Waals surface area contributed by atoms with E-state index >= 15 is 0 Å². The Labute approximate surface area is 156 Å². The molecule has 0 aliphatic heterocycles. The van der Waals surface area contributed by atoms with E-state index < -0.39 is 17.7 Å². The van der Waals surface area contributed by atoms with E-state index in [1.165, 1.54) is 7.11 Å². The quantitative estimate of drug-likeness (QED) is 0.534. The number of halogens is 2. The summed E-state index contributed by atoms with van der Waals surface area (Å²) in [5.41, 5.74) is 1.75. The standard InChI is InChI=1S/C19H22F2N4O2/c1-3-22-18(24-12-14-10-15(20)6-9-17(14)21)23-11-13-4-7-16(8-5-13)25-19(26)27-2/h4-10H,3,11-12H2,1-2H3,(H,25,26)(H2,22,23,24). The molecule has 0 unspecified atom stereocenters. The molecule has 8 heteroatoms. The summed E-state index contributed by atoms with van der Waals surface area (Å²) in [7, 11) is 1.30. The van der Waals surface area contributed by atoms with Crippen molar-refractivity contribution in [2.75, 3.05) is 19.0 Å². The summed E-state index contributed by atoms with van der Waals surface area (Å²) in [6.07, 6.45) is -0.538. The molecule has 27 heavy (non-hydrogen) atoms. The van der Waals surface area contributed by atoms with Crippen LogP contribution in [0.3, 0.4) is 0 Å². The molecular weight excluding hydrogens is 354 g/mol. The van der Waals surface area contributed by atoms with E-state index in [0.29, 0.717) is 24.7 Å². The first-order valence-corrected chi connectivity index (χ1v) is 8.42. The highest BCUT2D eigenvalue weighted by atomic mass is 19.1. The molecule has 0 heterocycles. The Balaban J connectivity index is 1.98. The molecule has 2 aromatic carbocycles. The number of ether oxygens (including phenoxy) is 1. The van der Waals surface area contributed by atoms with Gasteiger partial charge >= 0.3 is 6.09 Å². The molecule has 0 atom stereocenters. The molecule has 6 nitrogen and oxygen atoms in total. The molecule has 2 rings (SSSR count). The second-order valence-electron chi connectivity index (χ2n) is 5.60. The van der Waals surface area contributed by atoms with E-state index in [1.54, 1.807) is 12.1 Å². The second-order valence-corrected chi connectivity index (χ2v) is 5.60. The van der Waals surface area contributed by atoms with Crippen molar-refractivity contribution in [2.45, 2.75) is 20.0 Å². The number of methoxy groups -OCH3 is 1. The second kappa shape index (κ2) is 10.1. The predicted octanol–water partition coefficient (Wildman–Crippen LogP) is 3.40. The molecule has 0 fully saturated rings.